The Hall–Kier alpha value is -2.66. The van der Waals surface area contributed by atoms with Crippen molar-refractivity contribution < 1.29 is 4.79 Å². The summed E-state index contributed by atoms with van der Waals surface area (Å²) in [4.78, 5) is 32.2. The summed E-state index contributed by atoms with van der Waals surface area (Å²) in [6.45, 7) is 2.61. The van der Waals surface area contributed by atoms with Crippen molar-refractivity contribution in [3.05, 3.63) is 75.8 Å². The molecule has 0 saturated heterocycles. The molecule has 0 radical (unpaired) electrons. The number of rotatable bonds is 6. The quantitative estimate of drug-likeness (QED) is 0.636. The molecule has 1 aliphatic carbocycles. The van der Waals surface area contributed by atoms with Crippen LogP contribution in [0.15, 0.2) is 59.7 Å². The maximum Gasteiger partial charge on any atom is 0.261 e. The van der Waals surface area contributed by atoms with Crippen LogP contribution in [0.4, 0.5) is 0 Å². The van der Waals surface area contributed by atoms with Crippen LogP contribution in [0.1, 0.15) is 25.3 Å². The van der Waals surface area contributed by atoms with Crippen molar-refractivity contribution in [3.8, 4) is 0 Å². The first-order valence-corrected chi connectivity index (χ1v) is 9.89. The Morgan fingerprint density at radius 1 is 1.25 bits per heavy atom. The summed E-state index contributed by atoms with van der Waals surface area (Å²) < 4.78 is 1.37. The van der Waals surface area contributed by atoms with Gasteiger partial charge in [0.1, 0.15) is 6.54 Å². The molecule has 1 aromatic heterocycles. The van der Waals surface area contributed by atoms with E-state index in [0.717, 1.165) is 18.4 Å². The number of carbonyl (C=O) groups excluding carboxylic acids is 1. The molecule has 1 amide bonds. The average Bonchev–Trinajstić information content (AvgIpc) is 3.54. The van der Waals surface area contributed by atoms with E-state index < -0.39 is 0 Å². The van der Waals surface area contributed by atoms with Crippen LogP contribution >= 0.6 is 11.6 Å². The fraction of sp³-hybridized carbons (Fsp3) is 0.318. The van der Waals surface area contributed by atoms with Gasteiger partial charge in [-0.25, -0.2) is 4.98 Å². The smallest absolute Gasteiger partial charge is 0.261 e. The highest BCUT2D eigenvalue weighted by molar-refractivity contribution is 6.31. The summed E-state index contributed by atoms with van der Waals surface area (Å²) in [5.41, 5.74) is 1.41. The van der Waals surface area contributed by atoms with Crippen LogP contribution in [-0.2, 0) is 17.9 Å². The van der Waals surface area contributed by atoms with Gasteiger partial charge in [0.2, 0.25) is 5.91 Å². The summed E-state index contributed by atoms with van der Waals surface area (Å²) in [6, 6.07) is 15.1. The van der Waals surface area contributed by atoms with Crippen molar-refractivity contribution >= 4 is 28.4 Å². The van der Waals surface area contributed by atoms with Gasteiger partial charge in [-0.2, -0.15) is 0 Å². The Morgan fingerprint density at radius 3 is 2.71 bits per heavy atom. The highest BCUT2D eigenvalue weighted by Gasteiger charge is 2.34. The third-order valence-electron chi connectivity index (χ3n) is 5.40. The molecule has 3 aromatic rings. The molecule has 28 heavy (non-hydrogen) atoms. The zero-order valence-corrected chi connectivity index (χ0v) is 16.5. The number of hydrogen-bond donors (Lipinski definition) is 0. The zero-order chi connectivity index (χ0) is 19.7. The highest BCUT2D eigenvalue weighted by Crippen LogP contribution is 2.35. The summed E-state index contributed by atoms with van der Waals surface area (Å²) in [5.74, 6) is 0.464. The lowest BCUT2D eigenvalue weighted by Crippen LogP contribution is -2.42. The standard InChI is InChI=1S/C22H22ClN3O2/c1-15(17-7-8-17)26(12-16-5-3-2-4-6-16)21(27)13-25-14-24-20-10-9-18(23)11-19(20)22(25)28/h2-6,9-11,14-15,17H,7-8,12-13H2,1H3. The maximum absolute atomic E-state index is 13.2. The van der Waals surface area contributed by atoms with Crippen molar-refractivity contribution in [2.45, 2.75) is 38.9 Å². The van der Waals surface area contributed by atoms with Gasteiger partial charge < -0.3 is 4.90 Å². The lowest BCUT2D eigenvalue weighted by atomic mass is 10.1. The SMILES string of the molecule is CC(C1CC1)N(Cc1ccccc1)C(=O)Cn1cnc2ccc(Cl)cc2c1=O. The van der Waals surface area contributed by atoms with Crippen LogP contribution in [0.2, 0.25) is 5.02 Å². The highest BCUT2D eigenvalue weighted by atomic mass is 35.5. The molecule has 0 bridgehead atoms. The van der Waals surface area contributed by atoms with E-state index in [1.54, 1.807) is 18.2 Å². The first kappa shape index (κ1) is 18.7. The van der Waals surface area contributed by atoms with E-state index in [4.69, 9.17) is 11.6 Å². The molecule has 1 unspecified atom stereocenters. The lowest BCUT2D eigenvalue weighted by Gasteiger charge is -2.30. The number of hydrogen-bond acceptors (Lipinski definition) is 3. The molecule has 1 fully saturated rings. The van der Waals surface area contributed by atoms with Crippen molar-refractivity contribution in [2.75, 3.05) is 0 Å². The van der Waals surface area contributed by atoms with E-state index >= 15 is 0 Å². The predicted octanol–water partition coefficient (Wildman–Crippen LogP) is 3.88. The van der Waals surface area contributed by atoms with Gasteiger partial charge in [-0.1, -0.05) is 41.9 Å². The zero-order valence-electron chi connectivity index (χ0n) is 15.7. The molecular weight excluding hydrogens is 374 g/mol. The minimum Gasteiger partial charge on any atom is -0.334 e. The van der Waals surface area contributed by atoms with Gasteiger partial charge in [0.25, 0.3) is 5.56 Å². The molecule has 4 rings (SSSR count). The number of benzene rings is 2. The summed E-state index contributed by atoms with van der Waals surface area (Å²) in [5, 5.41) is 0.899. The second-order valence-electron chi connectivity index (χ2n) is 7.42. The number of aromatic nitrogens is 2. The van der Waals surface area contributed by atoms with E-state index in [9.17, 15) is 9.59 Å². The van der Waals surface area contributed by atoms with Crippen molar-refractivity contribution in [1.29, 1.82) is 0 Å². The van der Waals surface area contributed by atoms with Gasteiger partial charge in [0.15, 0.2) is 0 Å². The molecular formula is C22H22ClN3O2. The molecule has 0 spiro atoms. The van der Waals surface area contributed by atoms with E-state index in [1.165, 1.54) is 10.9 Å². The second kappa shape index (κ2) is 7.76. The summed E-state index contributed by atoms with van der Waals surface area (Å²) in [7, 11) is 0. The molecule has 5 nitrogen and oxygen atoms in total. The molecule has 1 aliphatic rings. The number of amides is 1. The van der Waals surface area contributed by atoms with Crippen molar-refractivity contribution in [1.82, 2.24) is 14.5 Å². The van der Waals surface area contributed by atoms with Gasteiger partial charge >= 0.3 is 0 Å². The molecule has 2 aromatic carbocycles. The van der Waals surface area contributed by atoms with E-state index in [-0.39, 0.29) is 24.1 Å². The minimum absolute atomic E-state index is 0.0296. The van der Waals surface area contributed by atoms with Crippen molar-refractivity contribution in [3.63, 3.8) is 0 Å². The molecule has 0 aliphatic heterocycles. The Labute approximate surface area is 168 Å². The van der Waals surface area contributed by atoms with Crippen LogP contribution in [0.25, 0.3) is 10.9 Å². The Balaban J connectivity index is 1.61. The predicted molar refractivity (Wildman–Crippen MR) is 110 cm³/mol. The minimum atomic E-state index is -0.250. The lowest BCUT2D eigenvalue weighted by molar-refractivity contribution is -0.135. The van der Waals surface area contributed by atoms with Crippen LogP contribution in [0.5, 0.6) is 0 Å². The van der Waals surface area contributed by atoms with E-state index in [0.29, 0.717) is 28.4 Å². The van der Waals surface area contributed by atoms with Gasteiger partial charge in [-0.3, -0.25) is 14.2 Å². The third-order valence-corrected chi connectivity index (χ3v) is 5.64. The first-order valence-electron chi connectivity index (χ1n) is 9.51. The van der Waals surface area contributed by atoms with E-state index in [2.05, 4.69) is 11.9 Å². The molecule has 1 saturated carbocycles. The molecule has 144 valence electrons. The molecule has 1 heterocycles. The van der Waals surface area contributed by atoms with Crippen LogP contribution in [-0.4, -0.2) is 26.4 Å². The average molecular weight is 396 g/mol. The largest absolute Gasteiger partial charge is 0.334 e. The van der Waals surface area contributed by atoms with E-state index in [1.807, 2.05) is 35.2 Å². The molecule has 6 heteroatoms. The number of nitrogens with zero attached hydrogens (tertiary/aromatic N) is 3. The molecule has 1 atom stereocenters. The van der Waals surface area contributed by atoms with Crippen LogP contribution in [0, 0.1) is 5.92 Å². The number of carbonyl (C=O) groups is 1. The van der Waals surface area contributed by atoms with Gasteiger partial charge in [-0.15, -0.1) is 0 Å². The normalized spacial score (nSPS) is 14.8. The number of fused-ring (bicyclic) bond motifs is 1. The van der Waals surface area contributed by atoms with Gasteiger partial charge in [0.05, 0.1) is 17.2 Å². The van der Waals surface area contributed by atoms with Crippen molar-refractivity contribution in [2.24, 2.45) is 5.92 Å². The monoisotopic (exact) mass is 395 g/mol. The first-order chi connectivity index (χ1) is 13.5. The summed E-state index contributed by atoms with van der Waals surface area (Å²) >= 11 is 6.02. The number of halogens is 1. The van der Waals surface area contributed by atoms with Gasteiger partial charge in [-0.05, 0) is 49.4 Å². The Kier molecular flexibility index (Phi) is 5.18. The maximum atomic E-state index is 13.2. The van der Waals surface area contributed by atoms with Crippen LogP contribution < -0.4 is 5.56 Å². The Morgan fingerprint density at radius 2 is 2.00 bits per heavy atom. The fourth-order valence-electron chi connectivity index (χ4n) is 3.55. The fourth-order valence-corrected chi connectivity index (χ4v) is 3.72. The second-order valence-corrected chi connectivity index (χ2v) is 7.86. The summed E-state index contributed by atoms with van der Waals surface area (Å²) in [6.07, 6.45) is 3.74. The third kappa shape index (κ3) is 3.94. The van der Waals surface area contributed by atoms with Gasteiger partial charge in [0, 0.05) is 17.6 Å². The van der Waals surface area contributed by atoms with Crippen LogP contribution in [0.3, 0.4) is 0 Å². The Bertz CT molecular complexity index is 1060. The topological polar surface area (TPSA) is 55.2 Å². The molecule has 0 N–H and O–H groups in total.